The van der Waals surface area contributed by atoms with Gasteiger partial charge in [-0.2, -0.15) is 0 Å². The minimum absolute atomic E-state index is 0.329. The second-order valence-electron chi connectivity index (χ2n) is 7.96. The Morgan fingerprint density at radius 2 is 1.84 bits per heavy atom. The molecule has 0 aliphatic heterocycles. The van der Waals surface area contributed by atoms with Crippen LogP contribution < -0.4 is 0 Å². The van der Waals surface area contributed by atoms with Gasteiger partial charge >= 0.3 is 0 Å². The summed E-state index contributed by atoms with van der Waals surface area (Å²) < 4.78 is 12.5. The van der Waals surface area contributed by atoms with Crippen LogP contribution in [0, 0.1) is 5.92 Å². The van der Waals surface area contributed by atoms with Crippen molar-refractivity contribution >= 4 is 19.9 Å². The van der Waals surface area contributed by atoms with Crippen LogP contribution in [0.5, 0.6) is 0 Å². The van der Waals surface area contributed by atoms with E-state index in [1.165, 1.54) is 24.8 Å². The Balaban J connectivity index is 2.18. The molecule has 1 aliphatic carbocycles. The zero-order valence-electron chi connectivity index (χ0n) is 15.4. The monoisotopic (exact) mass is 377 g/mol. The number of rotatable bonds is 6. The second-order valence-corrected chi connectivity index (χ2v) is 12.7. The Labute approximate surface area is 156 Å². The summed E-state index contributed by atoms with van der Waals surface area (Å²) in [5.41, 5.74) is 1.52. The van der Waals surface area contributed by atoms with Gasteiger partial charge in [-0.1, -0.05) is 54.8 Å². The topological polar surface area (TPSA) is 35.3 Å². The van der Waals surface area contributed by atoms with Gasteiger partial charge in [0.25, 0.3) is 0 Å². The summed E-state index contributed by atoms with van der Waals surface area (Å²) in [6, 6.07) is 12.6. The highest BCUT2D eigenvalue weighted by Crippen LogP contribution is 2.48. The van der Waals surface area contributed by atoms with E-state index in [0.29, 0.717) is 17.6 Å². The average Bonchev–Trinajstić information content (AvgIpc) is 3.10. The van der Waals surface area contributed by atoms with Crippen molar-refractivity contribution in [2.45, 2.75) is 63.2 Å². The number of nitrogens with zero attached hydrogens (tertiary/aromatic N) is 1. The Hall–Kier alpha value is -1.10. The molecular formula is C20H28ClNO2Si. The van der Waals surface area contributed by atoms with Gasteiger partial charge in [-0.25, -0.2) is 0 Å². The first-order valence-electron chi connectivity index (χ1n) is 9.23. The minimum Gasteiger partial charge on any atom is -0.402 e. The molecule has 1 aromatic heterocycles. The number of aromatic nitrogens is 1. The molecule has 0 saturated heterocycles. The third-order valence-corrected chi connectivity index (χ3v) is 6.12. The Bertz CT molecular complexity index is 677. The lowest BCUT2D eigenvalue weighted by atomic mass is 9.71. The molecule has 1 saturated carbocycles. The highest BCUT2D eigenvalue weighted by atomic mass is 35.5. The molecular weight excluding hydrogens is 350 g/mol. The van der Waals surface area contributed by atoms with Crippen molar-refractivity contribution in [3.63, 3.8) is 0 Å². The molecule has 0 spiro atoms. The van der Waals surface area contributed by atoms with Gasteiger partial charge < -0.3 is 8.95 Å². The third kappa shape index (κ3) is 4.02. The van der Waals surface area contributed by atoms with Crippen LogP contribution in [0.15, 0.2) is 40.9 Å². The predicted molar refractivity (Wildman–Crippen MR) is 104 cm³/mol. The van der Waals surface area contributed by atoms with Crippen LogP contribution >= 0.6 is 11.6 Å². The number of hydrogen-bond acceptors (Lipinski definition) is 3. The SMILES string of the molecule is C[Si](C)(C)O[C@](c1ccccc1)(c1cc(CCl)on1)C1CCCCC1. The summed E-state index contributed by atoms with van der Waals surface area (Å²) >= 11 is 5.99. The zero-order valence-corrected chi connectivity index (χ0v) is 17.2. The Morgan fingerprint density at radius 1 is 1.16 bits per heavy atom. The molecule has 0 unspecified atom stereocenters. The van der Waals surface area contributed by atoms with E-state index in [1.54, 1.807) is 0 Å². The van der Waals surface area contributed by atoms with Crippen molar-refractivity contribution in [1.82, 2.24) is 5.16 Å². The van der Waals surface area contributed by atoms with Gasteiger partial charge in [0.2, 0.25) is 0 Å². The smallest absolute Gasteiger partial charge is 0.185 e. The maximum absolute atomic E-state index is 6.97. The standard InChI is InChI=1S/C20H28ClNO2Si/c1-25(2,3)24-20(16-10-6-4-7-11-16,17-12-8-5-9-13-17)19-14-18(15-21)23-22-19/h4,6-7,10-11,14,17H,5,8-9,12-13,15H2,1-3H3/t20-/m0/s1. The predicted octanol–water partition coefficient (Wildman–Crippen LogP) is 6.09. The van der Waals surface area contributed by atoms with Gasteiger partial charge in [-0.05, 0) is 44.0 Å². The molecule has 0 N–H and O–H groups in total. The fraction of sp³-hybridized carbons (Fsp3) is 0.550. The fourth-order valence-electron chi connectivity index (χ4n) is 4.02. The van der Waals surface area contributed by atoms with Crippen LogP contribution in [0.2, 0.25) is 19.6 Å². The Morgan fingerprint density at radius 3 is 2.40 bits per heavy atom. The van der Waals surface area contributed by atoms with E-state index < -0.39 is 13.9 Å². The van der Waals surface area contributed by atoms with Crippen molar-refractivity contribution < 1.29 is 8.95 Å². The van der Waals surface area contributed by atoms with Crippen LogP contribution in [-0.4, -0.2) is 13.5 Å². The van der Waals surface area contributed by atoms with E-state index in [9.17, 15) is 0 Å². The van der Waals surface area contributed by atoms with Crippen molar-refractivity contribution in [3.8, 4) is 0 Å². The summed E-state index contributed by atoms with van der Waals surface area (Å²) in [6.45, 7) is 6.74. The molecule has 25 heavy (non-hydrogen) atoms. The lowest BCUT2D eigenvalue weighted by Gasteiger charge is -2.45. The fourth-order valence-corrected chi connectivity index (χ4v) is 5.50. The van der Waals surface area contributed by atoms with E-state index in [4.69, 9.17) is 20.6 Å². The maximum atomic E-state index is 6.97. The summed E-state index contributed by atoms with van der Waals surface area (Å²) in [7, 11) is -1.86. The first-order valence-corrected chi connectivity index (χ1v) is 13.2. The van der Waals surface area contributed by atoms with E-state index in [1.807, 2.05) is 6.07 Å². The van der Waals surface area contributed by atoms with Crippen LogP contribution in [-0.2, 0) is 15.9 Å². The summed E-state index contributed by atoms with van der Waals surface area (Å²) in [4.78, 5) is 0. The van der Waals surface area contributed by atoms with Crippen LogP contribution in [0.25, 0.3) is 0 Å². The van der Waals surface area contributed by atoms with Gasteiger partial charge in [0.05, 0.1) is 5.88 Å². The third-order valence-electron chi connectivity index (χ3n) is 4.92. The van der Waals surface area contributed by atoms with Crippen molar-refractivity contribution in [1.29, 1.82) is 0 Å². The van der Waals surface area contributed by atoms with Crippen molar-refractivity contribution in [2.75, 3.05) is 0 Å². The molecule has 1 atom stereocenters. The molecule has 0 amide bonds. The van der Waals surface area contributed by atoms with Crippen LogP contribution in [0.3, 0.4) is 0 Å². The highest BCUT2D eigenvalue weighted by Gasteiger charge is 2.48. The minimum atomic E-state index is -1.86. The first kappa shape index (κ1) is 18.7. The number of hydrogen-bond donors (Lipinski definition) is 0. The average molecular weight is 378 g/mol. The van der Waals surface area contributed by atoms with Gasteiger partial charge in [0.1, 0.15) is 11.3 Å². The van der Waals surface area contributed by atoms with E-state index >= 15 is 0 Å². The quantitative estimate of drug-likeness (QED) is 0.451. The van der Waals surface area contributed by atoms with Gasteiger partial charge in [-0.3, -0.25) is 0 Å². The second kappa shape index (κ2) is 7.64. The number of benzene rings is 1. The van der Waals surface area contributed by atoms with E-state index in [2.05, 4.69) is 55.1 Å². The molecule has 1 fully saturated rings. The van der Waals surface area contributed by atoms with Crippen LogP contribution in [0.1, 0.15) is 49.1 Å². The maximum Gasteiger partial charge on any atom is 0.185 e. The summed E-state index contributed by atoms with van der Waals surface area (Å²) in [6.07, 6.45) is 6.11. The van der Waals surface area contributed by atoms with Crippen LogP contribution in [0.4, 0.5) is 0 Å². The Kier molecular flexibility index (Phi) is 5.71. The highest BCUT2D eigenvalue weighted by molar-refractivity contribution is 6.69. The number of alkyl halides is 1. The molecule has 2 aromatic rings. The lowest BCUT2D eigenvalue weighted by Crippen LogP contribution is -2.47. The molecule has 5 heteroatoms. The molecule has 1 aliphatic rings. The van der Waals surface area contributed by atoms with E-state index in [0.717, 1.165) is 18.5 Å². The lowest BCUT2D eigenvalue weighted by molar-refractivity contribution is 0.0107. The van der Waals surface area contributed by atoms with Crippen molar-refractivity contribution in [2.24, 2.45) is 5.92 Å². The molecule has 1 heterocycles. The number of halogens is 1. The molecule has 1 aromatic carbocycles. The van der Waals surface area contributed by atoms with Crippen molar-refractivity contribution in [3.05, 3.63) is 53.4 Å². The zero-order chi connectivity index (χ0) is 17.9. The first-order chi connectivity index (χ1) is 12.0. The largest absolute Gasteiger partial charge is 0.402 e. The molecule has 136 valence electrons. The molecule has 0 radical (unpaired) electrons. The van der Waals surface area contributed by atoms with Gasteiger partial charge in [0.15, 0.2) is 14.1 Å². The van der Waals surface area contributed by atoms with Gasteiger partial charge in [0, 0.05) is 6.07 Å². The molecule has 3 rings (SSSR count). The molecule has 0 bridgehead atoms. The van der Waals surface area contributed by atoms with Gasteiger partial charge in [-0.15, -0.1) is 11.6 Å². The summed E-state index contributed by atoms with van der Waals surface area (Å²) in [5, 5.41) is 4.43. The normalized spacial score (nSPS) is 18.9. The molecule has 3 nitrogen and oxygen atoms in total. The summed E-state index contributed by atoms with van der Waals surface area (Å²) in [5.74, 6) is 1.44. The van der Waals surface area contributed by atoms with E-state index in [-0.39, 0.29) is 0 Å².